The fraction of sp³-hybridized carbons (Fsp3) is 0.780. The van der Waals surface area contributed by atoms with Crippen molar-refractivity contribution >= 4 is 11.4 Å². The van der Waals surface area contributed by atoms with E-state index >= 15 is 0 Å². The van der Waals surface area contributed by atoms with Crippen LogP contribution in [0.5, 0.6) is 0 Å². The molecule has 494 valence electrons. The van der Waals surface area contributed by atoms with E-state index in [1.54, 1.807) is 0 Å². The van der Waals surface area contributed by atoms with Crippen molar-refractivity contribution in [2.45, 2.75) is 414 Å². The first-order valence-corrected chi connectivity index (χ1v) is 38.2. The van der Waals surface area contributed by atoms with Crippen LogP contribution in [0.15, 0.2) is 59.7 Å². The van der Waals surface area contributed by atoms with Crippen LogP contribution < -0.4 is 0 Å². The second-order valence-corrected chi connectivity index (χ2v) is 26.3. The summed E-state index contributed by atoms with van der Waals surface area (Å²) in [5.41, 5.74) is 21.1. The van der Waals surface area contributed by atoms with Crippen molar-refractivity contribution in [3.63, 3.8) is 0 Å². The summed E-state index contributed by atoms with van der Waals surface area (Å²) in [6, 6.07) is 17.8. The van der Waals surface area contributed by atoms with Gasteiger partial charge in [0.25, 0.3) is 0 Å². The molecule has 85 heavy (non-hydrogen) atoms. The van der Waals surface area contributed by atoms with E-state index in [4.69, 9.17) is 0 Å². The smallest absolute Gasteiger partial charge is 0.493 e. The van der Waals surface area contributed by atoms with E-state index in [9.17, 15) is 5.53 Å². The maximum Gasteiger partial charge on any atom is 2.00 e. The Hall–Kier alpha value is -1.99. The van der Waals surface area contributed by atoms with Gasteiger partial charge in [0.2, 0.25) is 11.4 Å². The number of hydrogen-bond donors (Lipinski definition) is 0. The Balaban J connectivity index is 0.00000126. The van der Waals surface area contributed by atoms with Crippen molar-refractivity contribution in [2.75, 3.05) is 0 Å². The molecule has 1 aliphatic rings. The van der Waals surface area contributed by atoms with Crippen LogP contribution in [0.1, 0.15) is 423 Å². The summed E-state index contributed by atoms with van der Waals surface area (Å²) >= 11 is 0. The predicted molar refractivity (Wildman–Crippen MR) is 381 cm³/mol. The van der Waals surface area contributed by atoms with E-state index in [0.29, 0.717) is 0 Å². The molecule has 0 aliphatic carbocycles. The van der Waals surface area contributed by atoms with Crippen LogP contribution in [-0.2, 0) is 29.3 Å². The molecular formula is C82H146N2Ni. The number of hydrogen-bond acceptors (Lipinski definition) is 0. The molecule has 0 saturated carbocycles. The molecule has 0 radical (unpaired) electrons. The molecule has 0 aromatic heterocycles. The molecule has 1 heterocycles. The zero-order valence-corrected chi connectivity index (χ0v) is 59.2. The van der Waals surface area contributed by atoms with Gasteiger partial charge in [-0.05, 0) is 80.3 Å². The molecular weight excluding hydrogens is 1070 g/mol. The van der Waals surface area contributed by atoms with E-state index in [1.165, 1.54) is 348 Å². The van der Waals surface area contributed by atoms with Crippen molar-refractivity contribution in [2.24, 2.45) is 0 Å². The summed E-state index contributed by atoms with van der Waals surface area (Å²) in [4.78, 5) is 0. The van der Waals surface area contributed by atoms with Gasteiger partial charge >= 0.3 is 16.5 Å². The van der Waals surface area contributed by atoms with E-state index in [-0.39, 0.29) is 16.5 Å². The van der Waals surface area contributed by atoms with Crippen LogP contribution >= 0.6 is 0 Å². The molecule has 2 aromatic rings. The van der Waals surface area contributed by atoms with Gasteiger partial charge in [0.15, 0.2) is 0 Å². The molecule has 1 aliphatic heterocycles. The Kier molecular flexibility index (Phi) is 63.5. The summed E-state index contributed by atoms with van der Waals surface area (Å²) in [6.45, 7) is 21.4. The Labute approximate surface area is 544 Å². The van der Waals surface area contributed by atoms with Gasteiger partial charge in [-0.2, -0.15) is 12.8 Å². The van der Waals surface area contributed by atoms with Gasteiger partial charge in [-0.1, -0.05) is 380 Å². The van der Waals surface area contributed by atoms with Gasteiger partial charge in [-0.15, -0.1) is 0 Å². The quantitative estimate of drug-likeness (QED) is 0.0273. The molecule has 0 N–H and O–H groups in total. The van der Waals surface area contributed by atoms with Gasteiger partial charge in [0, 0.05) is 22.3 Å². The second kappa shape index (κ2) is 65.0. The number of nitrogens with zero attached hydrogens (tertiary/aromatic N) is 2. The number of aryl methyl sites for hydroxylation is 2. The first-order chi connectivity index (χ1) is 41.5. The zero-order chi connectivity index (χ0) is 60.9. The Bertz CT molecular complexity index is 1660. The predicted octanol–water partition coefficient (Wildman–Crippen LogP) is 29.5. The molecule has 0 fully saturated rings. The fourth-order valence-corrected chi connectivity index (χ4v) is 12.6. The molecule has 0 amide bonds. The summed E-state index contributed by atoms with van der Waals surface area (Å²) < 4.78 is 1.49. The van der Waals surface area contributed by atoms with Gasteiger partial charge in [0.1, 0.15) is 0 Å². The molecule has 3 rings (SSSR count). The van der Waals surface area contributed by atoms with E-state index < -0.39 is 0 Å². The van der Waals surface area contributed by atoms with E-state index in [1.807, 2.05) is 0 Å². The van der Waals surface area contributed by atoms with Crippen molar-refractivity contribution in [1.29, 1.82) is 0 Å². The average Bonchev–Trinajstić information content (AvgIpc) is 3.09. The first kappa shape index (κ1) is 83.0. The van der Waals surface area contributed by atoms with E-state index in [2.05, 4.69) is 104 Å². The molecule has 3 heteroatoms. The molecule has 0 saturated heterocycles. The number of benzene rings is 2. The number of unbranched alkanes of at least 4 members (excludes halogenated alkanes) is 49. The Morgan fingerprint density at radius 3 is 0.694 bits per heavy atom. The molecule has 0 spiro atoms. The minimum atomic E-state index is 0. The van der Waals surface area contributed by atoms with Crippen LogP contribution in [0, 0.1) is 13.8 Å². The Morgan fingerprint density at radius 2 is 0.471 bits per heavy atom. The minimum absolute atomic E-state index is 0. The monoisotopic (exact) mass is 1220 g/mol. The number of allylic oxidation sites excluding steroid dienone is 2. The van der Waals surface area contributed by atoms with Crippen molar-refractivity contribution < 1.29 is 21.2 Å². The van der Waals surface area contributed by atoms with Crippen LogP contribution in [0.2, 0.25) is 0 Å². The first-order valence-electron chi connectivity index (χ1n) is 38.2. The summed E-state index contributed by atoms with van der Waals surface area (Å²) in [7, 11) is 0. The van der Waals surface area contributed by atoms with E-state index in [0.717, 1.165) is 73.9 Å². The van der Waals surface area contributed by atoms with Gasteiger partial charge in [-0.25, -0.2) is 4.70 Å². The SMILES string of the molecule is CCCCCc1ccc(C2=C(CC)C(CCCC)=C(c3ccc(CCCCC)cc3)[N+]2=[N-])cc1.[CH2-]CCCCCCCCCCCCCCCCCCCCCCCC.[CH2-]CCCCCCCCCCCCCCCCCCCCCCCC.[Ni+2]. The van der Waals surface area contributed by atoms with Crippen LogP contribution in [-0.4, -0.2) is 4.70 Å². The van der Waals surface area contributed by atoms with Crippen LogP contribution in [0.4, 0.5) is 0 Å². The minimum Gasteiger partial charge on any atom is -0.493 e. The summed E-state index contributed by atoms with van der Waals surface area (Å²) in [5, 5.41) is 0. The fourth-order valence-electron chi connectivity index (χ4n) is 12.6. The maximum atomic E-state index is 11.5. The molecule has 0 bridgehead atoms. The van der Waals surface area contributed by atoms with Crippen LogP contribution in [0.25, 0.3) is 16.9 Å². The third-order valence-electron chi connectivity index (χ3n) is 18.3. The number of rotatable bonds is 58. The Morgan fingerprint density at radius 1 is 0.259 bits per heavy atom. The normalized spacial score (nSPS) is 12.2. The molecule has 0 atom stereocenters. The third-order valence-corrected chi connectivity index (χ3v) is 18.3. The average molecular weight is 1220 g/mol. The van der Waals surface area contributed by atoms with Crippen molar-refractivity contribution in [1.82, 2.24) is 0 Å². The topological polar surface area (TPSA) is 25.3 Å². The molecule has 0 unspecified atom stereocenters. The zero-order valence-electron chi connectivity index (χ0n) is 58.3. The standard InChI is InChI=1S/C32H44N2.2C25H51.Ni/c1-5-9-12-14-25-17-21-27(22-18-25)31-29(8-4)30(16-11-7-3)32(34(31)33)28-23-19-26(20-24-28)15-13-10-6-2;2*1-3-5-7-9-11-13-15-17-19-21-23-25-24-22-20-18-16-14-12-10-8-6-4-2;/h17-24H,5-16H2,1-4H3;2*1,3-25H2,2H3;/q;2*-1;+2. The second-order valence-electron chi connectivity index (χ2n) is 26.3. The van der Waals surface area contributed by atoms with Gasteiger partial charge in [0.05, 0.1) is 0 Å². The van der Waals surface area contributed by atoms with Crippen LogP contribution in [0.3, 0.4) is 0 Å². The van der Waals surface area contributed by atoms with Gasteiger partial charge < -0.3 is 19.4 Å². The van der Waals surface area contributed by atoms with Crippen molar-refractivity contribution in [3.05, 3.63) is 101 Å². The largest absolute Gasteiger partial charge is 2.00 e. The van der Waals surface area contributed by atoms with Crippen molar-refractivity contribution in [3.8, 4) is 0 Å². The third kappa shape index (κ3) is 46.7. The summed E-state index contributed by atoms with van der Waals surface area (Å²) in [6.07, 6.45) is 80.6. The maximum absolute atomic E-state index is 11.5. The molecule has 2 nitrogen and oxygen atoms in total. The van der Waals surface area contributed by atoms with Gasteiger partial charge in [-0.3, -0.25) is 0 Å². The summed E-state index contributed by atoms with van der Waals surface area (Å²) in [5.74, 6) is 0. The molecule has 2 aromatic carbocycles.